The molecule has 0 radical (unpaired) electrons. The molecule has 1 aliphatic carbocycles. The molecule has 1 saturated carbocycles. The number of fused-ring (bicyclic) bond motifs is 1. The van der Waals surface area contributed by atoms with Gasteiger partial charge in [-0.1, -0.05) is 13.8 Å². The van der Waals surface area contributed by atoms with Gasteiger partial charge in [-0.05, 0) is 80.0 Å². The van der Waals surface area contributed by atoms with E-state index >= 15 is 0 Å². The maximum Gasteiger partial charge on any atom is 0.319 e. The molecule has 4 aromatic rings. The van der Waals surface area contributed by atoms with Crippen LogP contribution in [0.2, 0.25) is 0 Å². The summed E-state index contributed by atoms with van der Waals surface area (Å²) in [4.78, 5) is 22.0. The molecule has 8 nitrogen and oxygen atoms in total. The molecular formula is C29H32FN5O3. The van der Waals surface area contributed by atoms with Gasteiger partial charge in [0.1, 0.15) is 35.3 Å². The van der Waals surface area contributed by atoms with Gasteiger partial charge < -0.3 is 30.0 Å². The Bertz CT molecular complexity index is 1400. The van der Waals surface area contributed by atoms with E-state index in [4.69, 9.17) is 9.47 Å². The van der Waals surface area contributed by atoms with Crippen LogP contribution in [0.4, 0.5) is 14.9 Å². The Hall–Kier alpha value is -4.11. The topological polar surface area (TPSA) is 91.5 Å². The molecule has 3 N–H and O–H groups in total. The van der Waals surface area contributed by atoms with Gasteiger partial charge in [-0.3, -0.25) is 0 Å². The fourth-order valence-electron chi connectivity index (χ4n) is 4.17. The smallest absolute Gasteiger partial charge is 0.319 e. The number of hydrogen-bond donors (Lipinski definition) is 3. The minimum absolute atomic E-state index is 0.0970. The number of halogens is 1. The Kier molecular flexibility index (Phi) is 7.74. The maximum absolute atomic E-state index is 14.6. The lowest BCUT2D eigenvalue weighted by Gasteiger charge is -2.18. The zero-order chi connectivity index (χ0) is 26.5. The average molecular weight is 518 g/mol. The monoisotopic (exact) mass is 517 g/mol. The van der Waals surface area contributed by atoms with Crippen LogP contribution in [0.15, 0.2) is 60.8 Å². The van der Waals surface area contributed by atoms with E-state index in [1.165, 1.54) is 12.1 Å². The van der Waals surface area contributed by atoms with Gasteiger partial charge in [-0.2, -0.15) is 0 Å². The van der Waals surface area contributed by atoms with E-state index in [2.05, 4.69) is 39.3 Å². The molecule has 0 atom stereocenters. The summed E-state index contributed by atoms with van der Waals surface area (Å²) in [6.45, 7) is 7.85. The highest BCUT2D eigenvalue weighted by Gasteiger charge is 2.23. The maximum atomic E-state index is 14.6. The van der Waals surface area contributed by atoms with Crippen molar-refractivity contribution in [3.63, 3.8) is 0 Å². The van der Waals surface area contributed by atoms with Gasteiger partial charge in [0.05, 0.1) is 11.1 Å². The van der Waals surface area contributed by atoms with Gasteiger partial charge in [0.2, 0.25) is 0 Å². The van der Waals surface area contributed by atoms with Crippen LogP contribution in [-0.4, -0.2) is 53.2 Å². The number of carbonyl (C=O) groups excluding carboxylic acids is 1. The van der Waals surface area contributed by atoms with Crippen molar-refractivity contribution in [1.82, 2.24) is 20.2 Å². The molecule has 2 aromatic carbocycles. The number of pyridine rings is 1. The zero-order valence-corrected chi connectivity index (χ0v) is 21.6. The predicted octanol–water partition coefficient (Wildman–Crippen LogP) is 6.17. The number of likely N-dealkylation sites (N-methyl/N-ethyl adjacent to an activating group) is 1. The number of hydrogen-bond acceptors (Lipinski definition) is 5. The van der Waals surface area contributed by atoms with E-state index in [-0.39, 0.29) is 11.7 Å². The number of benzene rings is 2. The molecule has 0 aliphatic heterocycles. The molecule has 1 aliphatic rings. The van der Waals surface area contributed by atoms with Gasteiger partial charge in [0.15, 0.2) is 0 Å². The molecule has 0 bridgehead atoms. The quantitative estimate of drug-likeness (QED) is 0.221. The molecule has 2 amide bonds. The second kappa shape index (κ2) is 11.5. The van der Waals surface area contributed by atoms with Crippen molar-refractivity contribution in [3.05, 3.63) is 66.6 Å². The van der Waals surface area contributed by atoms with Crippen LogP contribution in [0.25, 0.3) is 22.3 Å². The summed E-state index contributed by atoms with van der Waals surface area (Å²) >= 11 is 0. The number of amides is 2. The SMILES string of the molecule is CCN(CC)CCOc1ccc(-c2cc3c(Oc4ccc(NC(=O)NC5CC5)c(F)c4)ccnc3[nH]2)cc1. The summed E-state index contributed by atoms with van der Waals surface area (Å²) in [5.41, 5.74) is 2.62. The summed E-state index contributed by atoms with van der Waals surface area (Å²) in [6, 6.07) is 15.8. The minimum Gasteiger partial charge on any atom is -0.492 e. The number of carbonyl (C=O) groups is 1. The fraction of sp³-hybridized carbons (Fsp3) is 0.310. The minimum atomic E-state index is -0.576. The van der Waals surface area contributed by atoms with Crippen LogP contribution >= 0.6 is 0 Å². The molecular weight excluding hydrogens is 485 g/mol. The van der Waals surface area contributed by atoms with Gasteiger partial charge in [0.25, 0.3) is 0 Å². The molecule has 0 saturated heterocycles. The number of nitrogens with one attached hydrogen (secondary N) is 3. The van der Waals surface area contributed by atoms with E-state index in [9.17, 15) is 9.18 Å². The van der Waals surface area contributed by atoms with Crippen LogP contribution in [0.5, 0.6) is 17.2 Å². The molecule has 1 fully saturated rings. The zero-order valence-electron chi connectivity index (χ0n) is 21.6. The molecule has 0 unspecified atom stereocenters. The van der Waals surface area contributed by atoms with E-state index < -0.39 is 11.8 Å². The number of nitrogens with zero attached hydrogens (tertiary/aromatic N) is 2. The molecule has 0 spiro atoms. The molecule has 198 valence electrons. The van der Waals surface area contributed by atoms with E-state index in [1.807, 2.05) is 30.3 Å². The predicted molar refractivity (Wildman–Crippen MR) is 146 cm³/mol. The molecule has 5 rings (SSSR count). The van der Waals surface area contributed by atoms with Gasteiger partial charge in [0, 0.05) is 30.5 Å². The van der Waals surface area contributed by atoms with E-state index in [0.29, 0.717) is 23.8 Å². The van der Waals surface area contributed by atoms with E-state index in [1.54, 1.807) is 18.3 Å². The Labute approximate surface area is 221 Å². The average Bonchev–Trinajstić information content (AvgIpc) is 3.62. The lowest BCUT2D eigenvalue weighted by Crippen LogP contribution is -2.30. The first-order valence-corrected chi connectivity index (χ1v) is 13.0. The number of urea groups is 1. The third-order valence-corrected chi connectivity index (χ3v) is 6.56. The van der Waals surface area contributed by atoms with Crippen molar-refractivity contribution in [3.8, 4) is 28.5 Å². The third-order valence-electron chi connectivity index (χ3n) is 6.56. The molecule has 38 heavy (non-hydrogen) atoms. The Morgan fingerprint density at radius 2 is 1.84 bits per heavy atom. The van der Waals surface area contributed by atoms with Gasteiger partial charge in [-0.15, -0.1) is 0 Å². The second-order valence-corrected chi connectivity index (χ2v) is 9.27. The van der Waals surface area contributed by atoms with Crippen molar-refractivity contribution in [1.29, 1.82) is 0 Å². The van der Waals surface area contributed by atoms with Crippen LogP contribution < -0.4 is 20.1 Å². The summed E-state index contributed by atoms with van der Waals surface area (Å²) < 4.78 is 26.5. The summed E-state index contributed by atoms with van der Waals surface area (Å²) in [7, 11) is 0. The highest BCUT2D eigenvalue weighted by atomic mass is 19.1. The van der Waals surface area contributed by atoms with Gasteiger partial charge >= 0.3 is 6.03 Å². The Morgan fingerprint density at radius 3 is 2.55 bits per heavy atom. The number of ether oxygens (including phenoxy) is 2. The van der Waals surface area contributed by atoms with Gasteiger partial charge in [-0.25, -0.2) is 14.2 Å². The van der Waals surface area contributed by atoms with Crippen molar-refractivity contribution < 1.29 is 18.7 Å². The summed E-state index contributed by atoms with van der Waals surface area (Å²) in [5.74, 6) is 1.11. The van der Waals surface area contributed by atoms with Crippen molar-refractivity contribution >= 4 is 22.8 Å². The van der Waals surface area contributed by atoms with Crippen molar-refractivity contribution in [2.75, 3.05) is 31.6 Å². The second-order valence-electron chi connectivity index (χ2n) is 9.27. The largest absolute Gasteiger partial charge is 0.492 e. The fourth-order valence-corrected chi connectivity index (χ4v) is 4.17. The first-order chi connectivity index (χ1) is 18.5. The molecule has 9 heteroatoms. The van der Waals surface area contributed by atoms with Crippen molar-refractivity contribution in [2.45, 2.75) is 32.7 Å². The molecule has 2 heterocycles. The normalized spacial score (nSPS) is 13.1. The summed E-state index contributed by atoms with van der Waals surface area (Å²) in [6.07, 6.45) is 3.56. The molecule has 2 aromatic heterocycles. The van der Waals surface area contributed by atoms with E-state index in [0.717, 1.165) is 54.9 Å². The Balaban J connectivity index is 1.26. The highest BCUT2D eigenvalue weighted by Crippen LogP contribution is 2.34. The number of rotatable bonds is 11. The van der Waals surface area contributed by atoms with Crippen LogP contribution in [-0.2, 0) is 0 Å². The lowest BCUT2D eigenvalue weighted by molar-refractivity contribution is 0.223. The number of H-pyrrole nitrogens is 1. The Morgan fingerprint density at radius 1 is 1.08 bits per heavy atom. The number of anilines is 1. The standard InChI is InChI=1S/C29H32FN5O3/c1-3-35(4-2)15-16-37-21-9-5-19(6-10-21)26-18-23-27(13-14-31-28(23)33-26)38-22-11-12-25(24(30)17-22)34-29(36)32-20-7-8-20/h5-6,9-14,17-18,20H,3-4,7-8,15-16H2,1-2H3,(H,31,33)(H2,32,34,36). The van der Waals surface area contributed by atoms with Crippen LogP contribution in [0, 0.1) is 5.82 Å². The van der Waals surface area contributed by atoms with Crippen molar-refractivity contribution in [2.24, 2.45) is 0 Å². The number of aromatic amines is 1. The lowest BCUT2D eigenvalue weighted by atomic mass is 10.1. The highest BCUT2D eigenvalue weighted by molar-refractivity contribution is 5.90. The number of aromatic nitrogens is 2. The van der Waals surface area contributed by atoms with Crippen LogP contribution in [0.3, 0.4) is 0 Å². The van der Waals surface area contributed by atoms with Crippen LogP contribution in [0.1, 0.15) is 26.7 Å². The first kappa shape index (κ1) is 25.5. The first-order valence-electron chi connectivity index (χ1n) is 13.0. The third kappa shape index (κ3) is 6.23. The summed E-state index contributed by atoms with van der Waals surface area (Å²) in [5, 5.41) is 6.09.